The molecule has 0 saturated carbocycles. The second kappa shape index (κ2) is 9.05. The number of carbonyl (C=O) groups excluding carboxylic acids is 1. The first-order valence-electron chi connectivity index (χ1n) is 10.3. The first-order chi connectivity index (χ1) is 14.2. The summed E-state index contributed by atoms with van der Waals surface area (Å²) in [6.45, 7) is 7.08. The molecule has 0 unspecified atom stereocenters. The third-order valence-corrected chi connectivity index (χ3v) is 5.33. The molecule has 2 aromatic carbocycles. The Hall–Kier alpha value is -2.92. The van der Waals surface area contributed by atoms with Gasteiger partial charge in [-0.3, -0.25) is 9.69 Å². The van der Waals surface area contributed by atoms with Gasteiger partial charge in [-0.2, -0.15) is 0 Å². The second-order valence-electron chi connectivity index (χ2n) is 7.43. The zero-order chi connectivity index (χ0) is 20.1. The van der Waals surface area contributed by atoms with Gasteiger partial charge in [0, 0.05) is 38.1 Å². The van der Waals surface area contributed by atoms with E-state index in [0.717, 1.165) is 49.6 Å². The van der Waals surface area contributed by atoms with Crippen LogP contribution >= 0.6 is 0 Å². The van der Waals surface area contributed by atoms with Crippen LogP contribution in [0.4, 0.5) is 5.82 Å². The molecule has 0 aliphatic carbocycles. The quantitative estimate of drug-likeness (QED) is 0.602. The number of hydrogen-bond acceptors (Lipinski definition) is 5. The third kappa shape index (κ3) is 4.93. The van der Waals surface area contributed by atoms with Gasteiger partial charge < -0.3 is 9.64 Å². The average Bonchev–Trinajstić information content (AvgIpc) is 2.74. The van der Waals surface area contributed by atoms with Crippen molar-refractivity contribution in [3.8, 4) is 0 Å². The number of para-hydroxylation sites is 1. The summed E-state index contributed by atoms with van der Waals surface area (Å²) < 4.78 is 5.06. The van der Waals surface area contributed by atoms with Crippen LogP contribution in [-0.2, 0) is 22.5 Å². The molecule has 1 aliphatic rings. The van der Waals surface area contributed by atoms with Crippen LogP contribution in [0.5, 0.6) is 0 Å². The van der Waals surface area contributed by atoms with E-state index in [1.165, 1.54) is 10.9 Å². The van der Waals surface area contributed by atoms with E-state index in [4.69, 9.17) is 9.72 Å². The summed E-state index contributed by atoms with van der Waals surface area (Å²) >= 11 is 0. The topological polar surface area (TPSA) is 45.7 Å². The minimum Gasteiger partial charge on any atom is -0.466 e. The fourth-order valence-corrected chi connectivity index (χ4v) is 3.84. The number of aromatic nitrogens is 1. The summed E-state index contributed by atoms with van der Waals surface area (Å²) in [5.74, 6) is 0.890. The van der Waals surface area contributed by atoms with Crippen molar-refractivity contribution < 1.29 is 9.53 Å². The third-order valence-electron chi connectivity index (χ3n) is 5.33. The summed E-state index contributed by atoms with van der Waals surface area (Å²) in [5.41, 5.74) is 3.30. The number of anilines is 1. The lowest BCUT2D eigenvalue weighted by molar-refractivity contribution is -0.142. The SMILES string of the molecule is CCOC(=O)Cc1cccc(CN2CCN(c3ccc4ccccc4n3)CC2)c1. The lowest BCUT2D eigenvalue weighted by Gasteiger charge is -2.35. The van der Waals surface area contributed by atoms with Crippen LogP contribution in [0, 0.1) is 0 Å². The Labute approximate surface area is 171 Å². The number of carbonyl (C=O) groups is 1. The van der Waals surface area contributed by atoms with Gasteiger partial charge in [0.15, 0.2) is 0 Å². The molecule has 150 valence electrons. The monoisotopic (exact) mass is 389 g/mol. The van der Waals surface area contributed by atoms with Gasteiger partial charge in [-0.15, -0.1) is 0 Å². The Balaban J connectivity index is 1.34. The largest absolute Gasteiger partial charge is 0.466 e. The van der Waals surface area contributed by atoms with Crippen LogP contribution < -0.4 is 4.90 Å². The van der Waals surface area contributed by atoms with E-state index in [2.05, 4.69) is 46.2 Å². The van der Waals surface area contributed by atoms with Gasteiger partial charge in [0.05, 0.1) is 18.5 Å². The molecule has 3 aromatic rings. The van der Waals surface area contributed by atoms with E-state index in [9.17, 15) is 4.79 Å². The van der Waals surface area contributed by atoms with Gasteiger partial charge in [0.1, 0.15) is 5.82 Å². The standard InChI is InChI=1S/C24H27N3O2/c1-2-29-24(28)17-19-6-5-7-20(16-19)18-26-12-14-27(15-13-26)23-11-10-21-8-3-4-9-22(21)25-23/h3-11,16H,2,12-15,17-18H2,1H3. The number of benzene rings is 2. The Morgan fingerprint density at radius 3 is 2.59 bits per heavy atom. The number of fused-ring (bicyclic) bond motifs is 1. The zero-order valence-electron chi connectivity index (χ0n) is 16.9. The zero-order valence-corrected chi connectivity index (χ0v) is 16.9. The van der Waals surface area contributed by atoms with Gasteiger partial charge in [0.25, 0.3) is 0 Å². The summed E-state index contributed by atoms with van der Waals surface area (Å²) in [6, 6.07) is 20.8. The van der Waals surface area contributed by atoms with Crippen LogP contribution in [0.2, 0.25) is 0 Å². The molecule has 1 fully saturated rings. The second-order valence-corrected chi connectivity index (χ2v) is 7.43. The Morgan fingerprint density at radius 1 is 0.966 bits per heavy atom. The highest BCUT2D eigenvalue weighted by molar-refractivity contribution is 5.80. The molecule has 2 heterocycles. The van der Waals surface area contributed by atoms with Crippen LogP contribution in [0.1, 0.15) is 18.1 Å². The molecule has 0 bridgehead atoms. The summed E-state index contributed by atoms with van der Waals surface area (Å²) in [7, 11) is 0. The number of ether oxygens (including phenoxy) is 1. The van der Waals surface area contributed by atoms with E-state index >= 15 is 0 Å². The van der Waals surface area contributed by atoms with Gasteiger partial charge in [-0.05, 0) is 36.2 Å². The predicted molar refractivity (Wildman–Crippen MR) is 116 cm³/mol. The highest BCUT2D eigenvalue weighted by Crippen LogP contribution is 2.20. The van der Waals surface area contributed by atoms with E-state index in [1.807, 2.05) is 31.2 Å². The van der Waals surface area contributed by atoms with Crippen LogP contribution in [0.15, 0.2) is 60.7 Å². The van der Waals surface area contributed by atoms with Crippen molar-refractivity contribution in [2.45, 2.75) is 19.9 Å². The van der Waals surface area contributed by atoms with Crippen molar-refractivity contribution in [3.05, 3.63) is 71.8 Å². The summed E-state index contributed by atoms with van der Waals surface area (Å²) in [6.07, 6.45) is 0.336. The molecular weight excluding hydrogens is 362 g/mol. The molecule has 1 aliphatic heterocycles. The predicted octanol–water partition coefficient (Wildman–Crippen LogP) is 3.66. The first-order valence-corrected chi connectivity index (χ1v) is 10.3. The maximum Gasteiger partial charge on any atom is 0.310 e. The molecule has 0 N–H and O–H groups in total. The van der Waals surface area contributed by atoms with Crippen LogP contribution in [0.3, 0.4) is 0 Å². The average molecular weight is 389 g/mol. The highest BCUT2D eigenvalue weighted by atomic mass is 16.5. The van der Waals surface area contributed by atoms with Gasteiger partial charge >= 0.3 is 5.97 Å². The van der Waals surface area contributed by atoms with Gasteiger partial charge in [-0.1, -0.05) is 42.5 Å². The number of nitrogens with zero attached hydrogens (tertiary/aromatic N) is 3. The van der Waals surface area contributed by atoms with Crippen LogP contribution in [0.25, 0.3) is 10.9 Å². The minimum atomic E-state index is -0.166. The van der Waals surface area contributed by atoms with Crippen molar-refractivity contribution in [2.75, 3.05) is 37.7 Å². The Morgan fingerprint density at radius 2 is 1.76 bits per heavy atom. The van der Waals surface area contributed by atoms with E-state index in [-0.39, 0.29) is 5.97 Å². The molecule has 1 saturated heterocycles. The molecule has 0 amide bonds. The molecule has 5 heteroatoms. The van der Waals surface area contributed by atoms with Crippen molar-refractivity contribution in [3.63, 3.8) is 0 Å². The first kappa shape index (κ1) is 19.4. The maximum absolute atomic E-state index is 11.7. The van der Waals surface area contributed by atoms with Crippen molar-refractivity contribution in [2.24, 2.45) is 0 Å². The smallest absolute Gasteiger partial charge is 0.310 e. The van der Waals surface area contributed by atoms with Crippen molar-refractivity contribution in [1.29, 1.82) is 0 Å². The normalized spacial score (nSPS) is 14.9. The lowest BCUT2D eigenvalue weighted by Crippen LogP contribution is -2.46. The number of pyridine rings is 1. The van der Waals surface area contributed by atoms with Crippen molar-refractivity contribution in [1.82, 2.24) is 9.88 Å². The molecular formula is C24H27N3O2. The van der Waals surface area contributed by atoms with E-state index in [1.54, 1.807) is 0 Å². The summed E-state index contributed by atoms with van der Waals surface area (Å²) in [4.78, 5) is 21.4. The number of rotatable bonds is 6. The van der Waals surface area contributed by atoms with E-state index < -0.39 is 0 Å². The molecule has 0 spiro atoms. The molecule has 0 radical (unpaired) electrons. The van der Waals surface area contributed by atoms with E-state index in [0.29, 0.717) is 13.0 Å². The fraction of sp³-hybridized carbons (Fsp3) is 0.333. The van der Waals surface area contributed by atoms with Gasteiger partial charge in [0.2, 0.25) is 0 Å². The summed E-state index contributed by atoms with van der Waals surface area (Å²) in [5, 5.41) is 1.18. The van der Waals surface area contributed by atoms with Gasteiger partial charge in [-0.25, -0.2) is 4.98 Å². The molecule has 5 nitrogen and oxygen atoms in total. The minimum absolute atomic E-state index is 0.166. The molecule has 4 rings (SSSR count). The number of esters is 1. The Bertz CT molecular complexity index is 981. The Kier molecular flexibility index (Phi) is 6.06. The number of piperazine rings is 1. The number of hydrogen-bond donors (Lipinski definition) is 0. The molecule has 1 aromatic heterocycles. The van der Waals surface area contributed by atoms with Crippen molar-refractivity contribution >= 4 is 22.7 Å². The maximum atomic E-state index is 11.7. The lowest BCUT2D eigenvalue weighted by atomic mass is 10.1. The molecule has 29 heavy (non-hydrogen) atoms. The molecule has 0 atom stereocenters. The highest BCUT2D eigenvalue weighted by Gasteiger charge is 2.18. The van der Waals surface area contributed by atoms with Crippen LogP contribution in [-0.4, -0.2) is 48.6 Å². The fourth-order valence-electron chi connectivity index (χ4n) is 3.84.